The zero-order chi connectivity index (χ0) is 23.3. The van der Waals surface area contributed by atoms with E-state index in [2.05, 4.69) is 4.98 Å². The molecule has 0 spiro atoms. The van der Waals surface area contributed by atoms with E-state index in [1.807, 2.05) is 48.5 Å². The minimum absolute atomic E-state index is 0.312. The first-order valence-electron chi connectivity index (χ1n) is 11.2. The zero-order valence-corrected chi connectivity index (χ0v) is 19.5. The number of hydrogen-bond acceptors (Lipinski definition) is 5. The zero-order valence-electron chi connectivity index (χ0n) is 18.7. The number of para-hydroxylation sites is 1. The highest BCUT2D eigenvalue weighted by molar-refractivity contribution is 6.33. The molecule has 3 aromatic rings. The largest absolute Gasteiger partial charge is 0.385 e. The molecule has 4 rings (SSSR count). The molecule has 1 unspecified atom stereocenters. The van der Waals surface area contributed by atoms with E-state index in [1.165, 1.54) is 0 Å². The molecule has 1 aliphatic heterocycles. The number of halogens is 1. The van der Waals surface area contributed by atoms with Crippen molar-refractivity contribution in [2.24, 2.45) is 0 Å². The van der Waals surface area contributed by atoms with Crippen LogP contribution in [0.3, 0.4) is 0 Å². The summed E-state index contributed by atoms with van der Waals surface area (Å²) in [7, 11) is 1.67. The van der Waals surface area contributed by atoms with Gasteiger partial charge in [-0.2, -0.15) is 0 Å². The topological polar surface area (TPSA) is 71.9 Å². The molecule has 1 aliphatic rings. The molecule has 0 saturated carbocycles. The number of pyridine rings is 1. The van der Waals surface area contributed by atoms with Gasteiger partial charge >= 0.3 is 0 Å². The normalized spacial score (nSPS) is 18.3. The summed E-state index contributed by atoms with van der Waals surface area (Å²) in [4.78, 5) is 17.7. The number of ether oxygens (including phenoxy) is 2. The van der Waals surface area contributed by atoms with Crippen molar-refractivity contribution in [2.45, 2.75) is 31.0 Å². The second-order valence-corrected chi connectivity index (χ2v) is 8.82. The Balaban J connectivity index is 1.80. The Morgan fingerprint density at radius 1 is 1.27 bits per heavy atom. The molecule has 0 aliphatic carbocycles. The van der Waals surface area contributed by atoms with Gasteiger partial charge in [-0.3, -0.25) is 9.78 Å². The second kappa shape index (κ2) is 10.6. The van der Waals surface area contributed by atoms with Crippen LogP contribution in [0.2, 0.25) is 5.02 Å². The van der Waals surface area contributed by atoms with Gasteiger partial charge in [-0.25, -0.2) is 0 Å². The number of hydrogen-bond donors (Lipinski definition) is 1. The van der Waals surface area contributed by atoms with Crippen molar-refractivity contribution in [3.8, 4) is 11.1 Å². The number of amides is 1. The molecule has 7 heteroatoms. The van der Waals surface area contributed by atoms with Gasteiger partial charge in [-0.1, -0.05) is 41.9 Å². The SMILES string of the molecule is COCCCC[C@](O)(c1cccc(Cl)c1-c1cnc2ccccc2c1)C1CN(C=O)CCO1. The highest BCUT2D eigenvalue weighted by Crippen LogP contribution is 2.43. The van der Waals surface area contributed by atoms with E-state index in [-0.39, 0.29) is 0 Å². The van der Waals surface area contributed by atoms with Crippen LogP contribution in [0.25, 0.3) is 22.0 Å². The highest BCUT2D eigenvalue weighted by Gasteiger charge is 2.43. The third-order valence-corrected chi connectivity index (χ3v) is 6.61. The van der Waals surface area contributed by atoms with E-state index in [1.54, 1.807) is 18.2 Å². The lowest BCUT2D eigenvalue weighted by atomic mass is 9.79. The van der Waals surface area contributed by atoms with Crippen LogP contribution in [-0.2, 0) is 19.9 Å². The third kappa shape index (κ3) is 5.04. The molecule has 0 radical (unpaired) electrons. The molecule has 2 aromatic carbocycles. The number of carbonyl (C=O) groups excluding carboxylic acids is 1. The van der Waals surface area contributed by atoms with Crippen molar-refractivity contribution < 1.29 is 19.4 Å². The van der Waals surface area contributed by atoms with Crippen molar-refractivity contribution in [2.75, 3.05) is 33.4 Å². The number of carbonyl (C=O) groups is 1. The van der Waals surface area contributed by atoms with Gasteiger partial charge in [0.05, 0.1) is 12.1 Å². The molecular weight excluding hydrogens is 440 g/mol. The first-order chi connectivity index (χ1) is 16.1. The van der Waals surface area contributed by atoms with Crippen LogP contribution in [0.1, 0.15) is 24.8 Å². The monoisotopic (exact) mass is 468 g/mol. The van der Waals surface area contributed by atoms with Gasteiger partial charge in [0.25, 0.3) is 0 Å². The number of aromatic nitrogens is 1. The van der Waals surface area contributed by atoms with Crippen LogP contribution in [-0.4, -0.2) is 60.9 Å². The molecule has 1 N–H and O–H groups in total. The van der Waals surface area contributed by atoms with E-state index in [0.29, 0.717) is 43.3 Å². The van der Waals surface area contributed by atoms with Gasteiger partial charge in [0.1, 0.15) is 11.7 Å². The summed E-state index contributed by atoms with van der Waals surface area (Å²) in [6.07, 6.45) is 4.00. The fraction of sp³-hybridized carbons (Fsp3) is 0.385. The molecule has 1 fully saturated rings. The Bertz CT molecular complexity index is 1110. The van der Waals surface area contributed by atoms with Crippen LogP contribution in [0.15, 0.2) is 54.7 Å². The number of rotatable bonds is 9. The lowest BCUT2D eigenvalue weighted by Gasteiger charge is -2.42. The molecule has 2 atom stereocenters. The smallest absolute Gasteiger partial charge is 0.209 e. The van der Waals surface area contributed by atoms with Crippen LogP contribution in [0, 0.1) is 0 Å². The predicted octanol–water partition coefficient (Wildman–Crippen LogP) is 4.42. The summed E-state index contributed by atoms with van der Waals surface area (Å²) in [6, 6.07) is 15.5. The molecule has 174 valence electrons. The lowest BCUT2D eigenvalue weighted by molar-refractivity contribution is -0.158. The standard InChI is InChI=1S/C26H29ClN2O4/c1-32-13-5-4-11-26(31,24-17-29(18-30)12-14-33-24)21-8-6-9-22(27)25(21)20-15-19-7-2-3-10-23(19)28-16-20/h2-3,6-10,15-16,18,24,31H,4-5,11-14,17H2,1H3/t24?,26-/m0/s1. The second-order valence-electron chi connectivity index (χ2n) is 8.41. The Morgan fingerprint density at radius 3 is 2.94 bits per heavy atom. The van der Waals surface area contributed by atoms with E-state index in [4.69, 9.17) is 21.1 Å². The Morgan fingerprint density at radius 2 is 2.12 bits per heavy atom. The number of nitrogens with zero attached hydrogens (tertiary/aromatic N) is 2. The van der Waals surface area contributed by atoms with Crippen LogP contribution in [0.4, 0.5) is 0 Å². The van der Waals surface area contributed by atoms with Crippen LogP contribution in [0.5, 0.6) is 0 Å². The van der Waals surface area contributed by atoms with E-state index in [9.17, 15) is 9.90 Å². The van der Waals surface area contributed by atoms with E-state index < -0.39 is 11.7 Å². The molecule has 33 heavy (non-hydrogen) atoms. The molecule has 2 heterocycles. The average Bonchev–Trinajstić information content (AvgIpc) is 2.86. The van der Waals surface area contributed by atoms with Crippen molar-refractivity contribution in [3.05, 3.63) is 65.3 Å². The summed E-state index contributed by atoms with van der Waals surface area (Å²) < 4.78 is 11.2. The maximum atomic E-state index is 12.2. The number of methoxy groups -OCH3 is 1. The van der Waals surface area contributed by atoms with Gasteiger partial charge in [-0.05, 0) is 43.0 Å². The summed E-state index contributed by atoms with van der Waals surface area (Å²) in [5, 5.41) is 13.7. The van der Waals surface area contributed by atoms with Gasteiger partial charge in [0, 0.05) is 54.5 Å². The van der Waals surface area contributed by atoms with Crippen molar-refractivity contribution >= 4 is 28.9 Å². The summed E-state index contributed by atoms with van der Waals surface area (Å²) in [6.45, 7) is 1.80. The first kappa shape index (κ1) is 23.6. The average molecular weight is 469 g/mol. The number of unbranched alkanes of at least 4 members (excludes halogenated alkanes) is 1. The number of benzene rings is 2. The van der Waals surface area contributed by atoms with Crippen LogP contribution >= 0.6 is 11.6 Å². The lowest BCUT2D eigenvalue weighted by Crippen LogP contribution is -2.52. The number of fused-ring (bicyclic) bond motifs is 1. The fourth-order valence-electron chi connectivity index (χ4n) is 4.55. The Hall–Kier alpha value is -2.51. The van der Waals surface area contributed by atoms with Crippen molar-refractivity contribution in [1.29, 1.82) is 0 Å². The van der Waals surface area contributed by atoms with Gasteiger partial charge in [-0.15, -0.1) is 0 Å². The van der Waals surface area contributed by atoms with Crippen molar-refractivity contribution in [3.63, 3.8) is 0 Å². The van der Waals surface area contributed by atoms with E-state index in [0.717, 1.165) is 41.3 Å². The summed E-state index contributed by atoms with van der Waals surface area (Å²) >= 11 is 6.73. The first-order valence-corrected chi connectivity index (χ1v) is 11.6. The molecular formula is C26H29ClN2O4. The van der Waals surface area contributed by atoms with Crippen molar-refractivity contribution in [1.82, 2.24) is 9.88 Å². The number of aliphatic hydroxyl groups is 1. The van der Waals surface area contributed by atoms with Gasteiger partial charge < -0.3 is 19.5 Å². The minimum Gasteiger partial charge on any atom is -0.385 e. The quantitative estimate of drug-likeness (QED) is 0.372. The third-order valence-electron chi connectivity index (χ3n) is 6.30. The molecule has 1 aromatic heterocycles. The molecule has 1 saturated heterocycles. The maximum absolute atomic E-state index is 12.2. The molecule has 6 nitrogen and oxygen atoms in total. The summed E-state index contributed by atoms with van der Waals surface area (Å²) in [5.41, 5.74) is 1.79. The van der Waals surface area contributed by atoms with E-state index >= 15 is 0 Å². The molecule has 1 amide bonds. The molecule has 0 bridgehead atoms. The minimum atomic E-state index is -1.35. The van der Waals surface area contributed by atoms with Gasteiger partial charge in [0.15, 0.2) is 0 Å². The summed E-state index contributed by atoms with van der Waals surface area (Å²) in [5.74, 6) is 0. The van der Waals surface area contributed by atoms with Crippen LogP contribution < -0.4 is 0 Å². The predicted molar refractivity (Wildman–Crippen MR) is 129 cm³/mol. The number of morpholine rings is 1. The Kier molecular flexibility index (Phi) is 7.60. The fourth-order valence-corrected chi connectivity index (χ4v) is 4.83. The van der Waals surface area contributed by atoms with Gasteiger partial charge in [0.2, 0.25) is 6.41 Å². The Labute approximate surface area is 199 Å². The highest BCUT2D eigenvalue weighted by atomic mass is 35.5. The maximum Gasteiger partial charge on any atom is 0.209 e.